The summed E-state index contributed by atoms with van der Waals surface area (Å²) in [6, 6.07) is 11.2. The molecule has 0 bridgehead atoms. The molecule has 2 rings (SSSR count). The summed E-state index contributed by atoms with van der Waals surface area (Å²) in [5, 5.41) is 4.76. The first-order valence-electron chi connectivity index (χ1n) is 4.79. The summed E-state index contributed by atoms with van der Waals surface area (Å²) in [4.78, 5) is 3.98. The number of hydrogen-bond donors (Lipinski definition) is 1. The normalized spacial score (nSPS) is 10.6. The van der Waals surface area contributed by atoms with Gasteiger partial charge in [-0.3, -0.25) is 10.4 Å². The monoisotopic (exact) mass is 231 g/mol. The quantitative estimate of drug-likeness (QED) is 0.651. The topological polar surface area (TPSA) is 37.3 Å². The minimum Gasteiger partial charge on any atom is -0.278 e. The molecular formula is C12H10ClN3. The Kier molecular flexibility index (Phi) is 3.51. The molecule has 0 fully saturated rings. The van der Waals surface area contributed by atoms with Crippen LogP contribution in [0.2, 0.25) is 5.02 Å². The molecule has 1 aromatic heterocycles. The van der Waals surface area contributed by atoms with Crippen LogP contribution in [0.25, 0.3) is 0 Å². The van der Waals surface area contributed by atoms with Crippen LogP contribution in [0.3, 0.4) is 0 Å². The lowest BCUT2D eigenvalue weighted by Crippen LogP contribution is -1.90. The van der Waals surface area contributed by atoms with E-state index in [1.165, 1.54) is 0 Å². The molecule has 0 radical (unpaired) electrons. The Balaban J connectivity index is 2.00. The van der Waals surface area contributed by atoms with E-state index in [0.29, 0.717) is 5.02 Å². The highest BCUT2D eigenvalue weighted by Gasteiger charge is 1.90. The second-order valence-electron chi connectivity index (χ2n) is 3.17. The lowest BCUT2D eigenvalue weighted by molar-refractivity contribution is 1.30. The molecule has 0 spiro atoms. The third kappa shape index (κ3) is 3.07. The maximum absolute atomic E-state index is 5.84. The van der Waals surface area contributed by atoms with Crippen molar-refractivity contribution in [2.24, 2.45) is 5.10 Å². The Hall–Kier alpha value is -1.87. The van der Waals surface area contributed by atoms with Crippen molar-refractivity contribution >= 4 is 23.5 Å². The number of pyridine rings is 1. The number of rotatable bonds is 3. The molecule has 1 heterocycles. The fraction of sp³-hybridized carbons (Fsp3) is 0. The highest BCUT2D eigenvalue weighted by Crippen LogP contribution is 2.14. The summed E-state index contributed by atoms with van der Waals surface area (Å²) in [5.74, 6) is 0. The number of anilines is 1. The summed E-state index contributed by atoms with van der Waals surface area (Å²) in [6.07, 6.45) is 5.17. The fourth-order valence-corrected chi connectivity index (χ4v) is 1.38. The number of hydrazone groups is 1. The van der Waals surface area contributed by atoms with Gasteiger partial charge in [0.1, 0.15) is 0 Å². The highest BCUT2D eigenvalue weighted by molar-refractivity contribution is 6.30. The van der Waals surface area contributed by atoms with Crippen LogP contribution in [0, 0.1) is 0 Å². The zero-order valence-corrected chi connectivity index (χ0v) is 9.22. The molecule has 1 aromatic carbocycles. The van der Waals surface area contributed by atoms with Gasteiger partial charge in [0.05, 0.1) is 11.9 Å². The standard InChI is InChI=1S/C12H10ClN3/c13-11-4-1-5-12(7-11)16-15-9-10-3-2-6-14-8-10/h1-9,16H/b15-9-. The van der Waals surface area contributed by atoms with Crippen LogP contribution in [0.1, 0.15) is 5.56 Å². The van der Waals surface area contributed by atoms with Crippen LogP contribution in [0.5, 0.6) is 0 Å². The number of nitrogens with zero attached hydrogens (tertiary/aromatic N) is 2. The van der Waals surface area contributed by atoms with Crippen LogP contribution in [-0.2, 0) is 0 Å². The molecule has 0 aliphatic carbocycles. The predicted molar refractivity (Wildman–Crippen MR) is 66.9 cm³/mol. The lowest BCUT2D eigenvalue weighted by Gasteiger charge is -1.99. The van der Waals surface area contributed by atoms with Gasteiger partial charge in [0.25, 0.3) is 0 Å². The molecule has 0 aliphatic rings. The van der Waals surface area contributed by atoms with Gasteiger partial charge in [-0.25, -0.2) is 0 Å². The Morgan fingerprint density at radius 3 is 2.94 bits per heavy atom. The molecule has 80 valence electrons. The molecular weight excluding hydrogens is 222 g/mol. The van der Waals surface area contributed by atoms with E-state index in [1.54, 1.807) is 18.6 Å². The molecule has 4 heteroatoms. The van der Waals surface area contributed by atoms with E-state index < -0.39 is 0 Å². The first-order chi connectivity index (χ1) is 7.84. The Bertz CT molecular complexity index is 483. The third-order valence-corrected chi connectivity index (χ3v) is 2.15. The zero-order chi connectivity index (χ0) is 11.2. The Labute approximate surface area is 98.8 Å². The molecule has 3 nitrogen and oxygen atoms in total. The number of nitrogens with one attached hydrogen (secondary N) is 1. The zero-order valence-electron chi connectivity index (χ0n) is 8.47. The maximum atomic E-state index is 5.84. The smallest absolute Gasteiger partial charge is 0.0576 e. The first kappa shape index (κ1) is 10.6. The summed E-state index contributed by atoms with van der Waals surface area (Å²) in [7, 11) is 0. The molecule has 0 atom stereocenters. The van der Waals surface area contributed by atoms with Gasteiger partial charge in [-0.15, -0.1) is 0 Å². The summed E-state index contributed by atoms with van der Waals surface area (Å²) < 4.78 is 0. The molecule has 0 saturated heterocycles. The minimum absolute atomic E-state index is 0.682. The number of benzene rings is 1. The van der Waals surface area contributed by atoms with E-state index >= 15 is 0 Å². The highest BCUT2D eigenvalue weighted by atomic mass is 35.5. The molecule has 0 saturated carbocycles. The Morgan fingerprint density at radius 2 is 2.19 bits per heavy atom. The van der Waals surface area contributed by atoms with Gasteiger partial charge in [-0.2, -0.15) is 5.10 Å². The van der Waals surface area contributed by atoms with Crippen molar-refractivity contribution in [2.45, 2.75) is 0 Å². The minimum atomic E-state index is 0.682. The van der Waals surface area contributed by atoms with Crippen molar-refractivity contribution in [3.8, 4) is 0 Å². The van der Waals surface area contributed by atoms with E-state index in [0.717, 1.165) is 11.3 Å². The Morgan fingerprint density at radius 1 is 1.25 bits per heavy atom. The van der Waals surface area contributed by atoms with Crippen molar-refractivity contribution in [3.63, 3.8) is 0 Å². The molecule has 0 unspecified atom stereocenters. The third-order valence-electron chi connectivity index (χ3n) is 1.92. The van der Waals surface area contributed by atoms with Crippen molar-refractivity contribution in [2.75, 3.05) is 5.43 Å². The van der Waals surface area contributed by atoms with Crippen LogP contribution in [0.15, 0.2) is 53.9 Å². The van der Waals surface area contributed by atoms with Crippen molar-refractivity contribution in [3.05, 3.63) is 59.4 Å². The number of halogens is 1. The molecule has 0 amide bonds. The SMILES string of the molecule is Clc1cccc(N/N=C\c2cccnc2)c1. The van der Waals surface area contributed by atoms with Gasteiger partial charge < -0.3 is 0 Å². The van der Waals surface area contributed by atoms with Crippen molar-refractivity contribution < 1.29 is 0 Å². The van der Waals surface area contributed by atoms with Gasteiger partial charge in [0.15, 0.2) is 0 Å². The van der Waals surface area contributed by atoms with E-state index in [2.05, 4.69) is 15.5 Å². The number of aromatic nitrogens is 1. The van der Waals surface area contributed by atoms with E-state index in [1.807, 2.05) is 36.4 Å². The molecule has 16 heavy (non-hydrogen) atoms. The van der Waals surface area contributed by atoms with E-state index in [-0.39, 0.29) is 0 Å². The molecule has 1 N–H and O–H groups in total. The fourth-order valence-electron chi connectivity index (χ4n) is 1.19. The van der Waals surface area contributed by atoms with Crippen LogP contribution in [0.4, 0.5) is 5.69 Å². The predicted octanol–water partition coefficient (Wildman–Crippen LogP) is 3.18. The summed E-state index contributed by atoms with van der Waals surface area (Å²) in [6.45, 7) is 0. The summed E-state index contributed by atoms with van der Waals surface area (Å²) >= 11 is 5.84. The first-order valence-corrected chi connectivity index (χ1v) is 5.17. The summed E-state index contributed by atoms with van der Waals surface area (Å²) in [5.41, 5.74) is 4.69. The average Bonchev–Trinajstić information content (AvgIpc) is 2.30. The van der Waals surface area contributed by atoms with Crippen LogP contribution < -0.4 is 5.43 Å². The van der Waals surface area contributed by atoms with Crippen molar-refractivity contribution in [1.29, 1.82) is 0 Å². The number of hydrogen-bond acceptors (Lipinski definition) is 3. The molecule has 2 aromatic rings. The average molecular weight is 232 g/mol. The lowest BCUT2D eigenvalue weighted by atomic mass is 10.3. The van der Waals surface area contributed by atoms with Gasteiger partial charge in [-0.1, -0.05) is 23.7 Å². The van der Waals surface area contributed by atoms with Gasteiger partial charge >= 0.3 is 0 Å². The van der Waals surface area contributed by atoms with E-state index in [4.69, 9.17) is 11.6 Å². The second-order valence-corrected chi connectivity index (χ2v) is 3.60. The van der Waals surface area contributed by atoms with Gasteiger partial charge in [0, 0.05) is 23.0 Å². The van der Waals surface area contributed by atoms with Crippen LogP contribution >= 0.6 is 11.6 Å². The largest absolute Gasteiger partial charge is 0.278 e. The van der Waals surface area contributed by atoms with E-state index in [9.17, 15) is 0 Å². The van der Waals surface area contributed by atoms with Crippen LogP contribution in [-0.4, -0.2) is 11.2 Å². The maximum Gasteiger partial charge on any atom is 0.0576 e. The van der Waals surface area contributed by atoms with Gasteiger partial charge in [0.2, 0.25) is 0 Å². The molecule has 0 aliphatic heterocycles. The second kappa shape index (κ2) is 5.28. The van der Waals surface area contributed by atoms with Crippen molar-refractivity contribution in [1.82, 2.24) is 4.98 Å². The van der Waals surface area contributed by atoms with Gasteiger partial charge in [-0.05, 0) is 24.3 Å².